The minimum Gasteiger partial charge on any atom is -0.487 e. The topological polar surface area (TPSA) is 21.3 Å². The number of ether oxygens (including phenoxy) is 1. The summed E-state index contributed by atoms with van der Waals surface area (Å²) in [6.07, 6.45) is 3.85. The molecular formula is C14H19F2NO. The van der Waals surface area contributed by atoms with Crippen LogP contribution in [0.25, 0.3) is 0 Å². The second kappa shape index (κ2) is 6.14. The third-order valence-electron chi connectivity index (χ3n) is 3.25. The van der Waals surface area contributed by atoms with E-state index in [1.165, 1.54) is 0 Å². The maximum absolute atomic E-state index is 13.4. The van der Waals surface area contributed by atoms with E-state index in [0.29, 0.717) is 6.04 Å². The van der Waals surface area contributed by atoms with Crippen LogP contribution in [0.2, 0.25) is 0 Å². The fourth-order valence-electron chi connectivity index (χ4n) is 2.33. The highest BCUT2D eigenvalue weighted by molar-refractivity contribution is 5.25. The maximum Gasteiger partial charge on any atom is 0.165 e. The molecule has 2 atom stereocenters. The van der Waals surface area contributed by atoms with Crippen LogP contribution in [-0.4, -0.2) is 18.7 Å². The van der Waals surface area contributed by atoms with Crippen LogP contribution in [0.5, 0.6) is 5.75 Å². The molecule has 2 nitrogen and oxygen atoms in total. The lowest BCUT2D eigenvalue weighted by atomic mass is 10.2. The fourth-order valence-corrected chi connectivity index (χ4v) is 2.33. The Balaban J connectivity index is 1.89. The van der Waals surface area contributed by atoms with Gasteiger partial charge >= 0.3 is 0 Å². The Hall–Kier alpha value is -1.16. The van der Waals surface area contributed by atoms with Crippen LogP contribution < -0.4 is 10.1 Å². The van der Waals surface area contributed by atoms with E-state index < -0.39 is 11.6 Å². The van der Waals surface area contributed by atoms with Crippen molar-refractivity contribution in [3.8, 4) is 5.75 Å². The number of hydrogen-bond acceptors (Lipinski definition) is 2. The second-order valence-electron chi connectivity index (χ2n) is 4.78. The maximum atomic E-state index is 13.4. The van der Waals surface area contributed by atoms with Crippen molar-refractivity contribution in [1.82, 2.24) is 5.32 Å². The average molecular weight is 255 g/mol. The predicted molar refractivity (Wildman–Crippen MR) is 66.7 cm³/mol. The van der Waals surface area contributed by atoms with Crippen LogP contribution in [0.3, 0.4) is 0 Å². The smallest absolute Gasteiger partial charge is 0.165 e. The zero-order chi connectivity index (χ0) is 13.0. The summed E-state index contributed by atoms with van der Waals surface area (Å²) in [6, 6.07) is 3.75. The summed E-state index contributed by atoms with van der Waals surface area (Å²) in [4.78, 5) is 0. The highest BCUT2D eigenvalue weighted by Gasteiger charge is 2.26. The molecule has 0 saturated heterocycles. The number of nitrogens with one attached hydrogen (secondary N) is 1. The lowest BCUT2D eigenvalue weighted by Crippen LogP contribution is -2.28. The first-order valence-electron chi connectivity index (χ1n) is 6.54. The summed E-state index contributed by atoms with van der Waals surface area (Å²) in [7, 11) is 0. The third-order valence-corrected chi connectivity index (χ3v) is 3.25. The van der Waals surface area contributed by atoms with Crippen molar-refractivity contribution >= 4 is 0 Å². The van der Waals surface area contributed by atoms with Gasteiger partial charge in [-0.2, -0.15) is 0 Å². The molecule has 100 valence electrons. The predicted octanol–water partition coefficient (Wildman–Crippen LogP) is 3.26. The molecule has 18 heavy (non-hydrogen) atoms. The molecule has 4 heteroatoms. The first-order chi connectivity index (χ1) is 8.69. The van der Waals surface area contributed by atoms with Crippen molar-refractivity contribution < 1.29 is 13.5 Å². The molecule has 0 aromatic heterocycles. The van der Waals surface area contributed by atoms with E-state index in [0.717, 1.165) is 50.4 Å². The quantitative estimate of drug-likeness (QED) is 0.872. The van der Waals surface area contributed by atoms with E-state index in [9.17, 15) is 8.78 Å². The molecule has 0 aliphatic heterocycles. The van der Waals surface area contributed by atoms with Gasteiger partial charge in [0, 0.05) is 12.1 Å². The summed E-state index contributed by atoms with van der Waals surface area (Å²) in [5, 5.41) is 3.43. The normalized spacial score (nSPS) is 23.3. The number of benzene rings is 1. The van der Waals surface area contributed by atoms with Gasteiger partial charge in [-0.05, 0) is 44.4 Å². The molecule has 1 aromatic rings. The molecule has 0 radical (unpaired) electrons. The molecule has 1 aromatic carbocycles. The first kappa shape index (κ1) is 13.3. The molecule has 0 amide bonds. The Morgan fingerprint density at radius 2 is 2.17 bits per heavy atom. The fraction of sp³-hybridized carbons (Fsp3) is 0.571. The van der Waals surface area contributed by atoms with Gasteiger partial charge in [0.2, 0.25) is 0 Å². The molecule has 0 heterocycles. The van der Waals surface area contributed by atoms with Crippen LogP contribution in [0.4, 0.5) is 8.78 Å². The Kier molecular flexibility index (Phi) is 4.53. The summed E-state index contributed by atoms with van der Waals surface area (Å²) < 4.78 is 32.0. The van der Waals surface area contributed by atoms with E-state index in [-0.39, 0.29) is 11.9 Å². The Labute approximate surface area is 106 Å². The zero-order valence-corrected chi connectivity index (χ0v) is 10.6. The molecule has 0 spiro atoms. The SMILES string of the molecule is CCCNC1CCC(Oc2cc(F)ccc2F)C1. The molecular weight excluding hydrogens is 236 g/mol. The molecule has 1 aliphatic rings. The van der Waals surface area contributed by atoms with Crippen molar-refractivity contribution in [2.45, 2.75) is 44.8 Å². The Morgan fingerprint density at radius 1 is 1.33 bits per heavy atom. The number of rotatable bonds is 5. The highest BCUT2D eigenvalue weighted by atomic mass is 19.1. The summed E-state index contributed by atoms with van der Waals surface area (Å²) in [5.74, 6) is -0.942. The summed E-state index contributed by atoms with van der Waals surface area (Å²) in [6.45, 7) is 3.11. The van der Waals surface area contributed by atoms with Crippen molar-refractivity contribution in [3.05, 3.63) is 29.8 Å². The minimum atomic E-state index is -0.499. The lowest BCUT2D eigenvalue weighted by Gasteiger charge is -2.15. The largest absolute Gasteiger partial charge is 0.487 e. The van der Waals surface area contributed by atoms with Crippen LogP contribution in [0.15, 0.2) is 18.2 Å². The van der Waals surface area contributed by atoms with Crippen molar-refractivity contribution in [2.75, 3.05) is 6.54 Å². The zero-order valence-electron chi connectivity index (χ0n) is 10.6. The Morgan fingerprint density at radius 3 is 2.94 bits per heavy atom. The van der Waals surface area contributed by atoms with E-state index in [1.54, 1.807) is 0 Å². The second-order valence-corrected chi connectivity index (χ2v) is 4.78. The Bertz CT molecular complexity index is 397. The van der Waals surface area contributed by atoms with Gasteiger partial charge in [0.15, 0.2) is 11.6 Å². The van der Waals surface area contributed by atoms with Crippen LogP contribution in [0, 0.1) is 11.6 Å². The van der Waals surface area contributed by atoms with Gasteiger partial charge in [0.05, 0.1) is 0 Å². The minimum absolute atomic E-state index is 0.0179. The number of halogens is 2. The average Bonchev–Trinajstić information content (AvgIpc) is 2.79. The number of hydrogen-bond donors (Lipinski definition) is 1. The van der Waals surface area contributed by atoms with Gasteiger partial charge in [0.1, 0.15) is 11.9 Å². The lowest BCUT2D eigenvalue weighted by molar-refractivity contribution is 0.196. The first-order valence-corrected chi connectivity index (χ1v) is 6.54. The highest BCUT2D eigenvalue weighted by Crippen LogP contribution is 2.27. The van der Waals surface area contributed by atoms with Crippen LogP contribution >= 0.6 is 0 Å². The van der Waals surface area contributed by atoms with E-state index in [2.05, 4.69) is 12.2 Å². The van der Waals surface area contributed by atoms with Gasteiger partial charge < -0.3 is 10.1 Å². The van der Waals surface area contributed by atoms with Gasteiger partial charge in [-0.3, -0.25) is 0 Å². The molecule has 1 aliphatic carbocycles. The molecule has 2 rings (SSSR count). The van der Waals surface area contributed by atoms with Crippen LogP contribution in [0.1, 0.15) is 32.6 Å². The third kappa shape index (κ3) is 3.42. The van der Waals surface area contributed by atoms with Crippen molar-refractivity contribution in [2.24, 2.45) is 0 Å². The summed E-state index contributed by atoms with van der Waals surface area (Å²) >= 11 is 0. The van der Waals surface area contributed by atoms with Gasteiger partial charge in [0.25, 0.3) is 0 Å². The van der Waals surface area contributed by atoms with Crippen molar-refractivity contribution in [3.63, 3.8) is 0 Å². The monoisotopic (exact) mass is 255 g/mol. The van der Waals surface area contributed by atoms with E-state index in [1.807, 2.05) is 0 Å². The molecule has 2 unspecified atom stereocenters. The van der Waals surface area contributed by atoms with Gasteiger partial charge in [-0.25, -0.2) is 8.78 Å². The standard InChI is InChI=1S/C14H19F2NO/c1-2-7-17-11-4-5-12(9-11)18-14-8-10(15)3-6-13(14)16/h3,6,8,11-12,17H,2,4-5,7,9H2,1H3. The summed E-state index contributed by atoms with van der Waals surface area (Å²) in [5.41, 5.74) is 0. The molecule has 1 N–H and O–H groups in total. The van der Waals surface area contributed by atoms with Crippen molar-refractivity contribution in [1.29, 1.82) is 0 Å². The molecule has 0 bridgehead atoms. The molecule has 1 saturated carbocycles. The van der Waals surface area contributed by atoms with Gasteiger partial charge in [-0.1, -0.05) is 6.92 Å². The molecule has 1 fully saturated rings. The van der Waals surface area contributed by atoms with Gasteiger partial charge in [-0.15, -0.1) is 0 Å². The van der Waals surface area contributed by atoms with E-state index in [4.69, 9.17) is 4.74 Å². The van der Waals surface area contributed by atoms with Crippen LogP contribution in [-0.2, 0) is 0 Å². The van der Waals surface area contributed by atoms with E-state index >= 15 is 0 Å².